The highest BCUT2D eigenvalue weighted by Crippen LogP contribution is 2.36. The van der Waals surface area contributed by atoms with Crippen molar-refractivity contribution in [1.29, 1.82) is 0 Å². The van der Waals surface area contributed by atoms with Crippen molar-refractivity contribution in [2.45, 2.75) is 19.0 Å². The molecule has 1 aromatic heterocycles. The first-order valence-corrected chi connectivity index (χ1v) is 7.01. The number of alkyl halides is 3. The first-order valence-electron chi connectivity index (χ1n) is 7.01. The van der Waals surface area contributed by atoms with Gasteiger partial charge in [-0.25, -0.2) is 4.98 Å². The molecule has 0 saturated heterocycles. The molecule has 1 aromatic rings. The van der Waals surface area contributed by atoms with Crippen molar-refractivity contribution in [2.75, 3.05) is 20.2 Å². The SMILES string of the molecule is CNC(=O)CNC(=O)c1ccc(C(F)(F)F)c(OCC2CC2)n1. The molecule has 2 N–H and O–H groups in total. The minimum Gasteiger partial charge on any atom is -0.477 e. The summed E-state index contributed by atoms with van der Waals surface area (Å²) in [5, 5.41) is 4.57. The van der Waals surface area contributed by atoms with E-state index in [0.29, 0.717) is 0 Å². The zero-order valence-corrected chi connectivity index (χ0v) is 12.4. The maximum atomic E-state index is 12.9. The van der Waals surface area contributed by atoms with Gasteiger partial charge in [0.2, 0.25) is 11.8 Å². The van der Waals surface area contributed by atoms with E-state index in [-0.39, 0.29) is 24.8 Å². The summed E-state index contributed by atoms with van der Waals surface area (Å²) in [6, 6.07) is 1.70. The third-order valence-corrected chi connectivity index (χ3v) is 3.24. The number of hydrogen-bond acceptors (Lipinski definition) is 4. The van der Waals surface area contributed by atoms with Crippen LogP contribution < -0.4 is 15.4 Å². The summed E-state index contributed by atoms with van der Waals surface area (Å²) in [5.41, 5.74) is -1.27. The van der Waals surface area contributed by atoms with Crippen molar-refractivity contribution in [3.05, 3.63) is 23.4 Å². The van der Waals surface area contributed by atoms with E-state index in [0.717, 1.165) is 25.0 Å². The number of rotatable bonds is 6. The van der Waals surface area contributed by atoms with Crippen molar-refractivity contribution in [3.63, 3.8) is 0 Å². The summed E-state index contributed by atoms with van der Waals surface area (Å²) in [5.74, 6) is -1.56. The van der Waals surface area contributed by atoms with Gasteiger partial charge in [0.1, 0.15) is 11.3 Å². The van der Waals surface area contributed by atoms with E-state index >= 15 is 0 Å². The largest absolute Gasteiger partial charge is 0.477 e. The molecule has 1 saturated carbocycles. The van der Waals surface area contributed by atoms with Crippen LogP contribution in [0.4, 0.5) is 13.2 Å². The first kappa shape index (κ1) is 17.0. The standard InChI is InChI=1S/C14H16F3N3O3/c1-18-11(21)6-19-12(22)10-5-4-9(14(15,16)17)13(20-10)23-7-8-2-3-8/h4-5,8H,2-3,6-7H2,1H3,(H,18,21)(H,19,22). The molecule has 0 unspecified atom stereocenters. The summed E-state index contributed by atoms with van der Waals surface area (Å²) >= 11 is 0. The number of ether oxygens (including phenoxy) is 1. The Morgan fingerprint density at radius 3 is 2.61 bits per heavy atom. The monoisotopic (exact) mass is 331 g/mol. The average molecular weight is 331 g/mol. The Hall–Kier alpha value is -2.32. The van der Waals surface area contributed by atoms with E-state index < -0.39 is 29.4 Å². The predicted molar refractivity (Wildman–Crippen MR) is 73.9 cm³/mol. The van der Waals surface area contributed by atoms with E-state index in [4.69, 9.17) is 4.74 Å². The van der Waals surface area contributed by atoms with Crippen LogP contribution >= 0.6 is 0 Å². The third kappa shape index (κ3) is 4.83. The second-order valence-corrected chi connectivity index (χ2v) is 5.16. The van der Waals surface area contributed by atoms with Crippen molar-refractivity contribution < 1.29 is 27.5 Å². The smallest absolute Gasteiger partial charge is 0.421 e. The van der Waals surface area contributed by atoms with Gasteiger partial charge in [-0.05, 0) is 30.9 Å². The van der Waals surface area contributed by atoms with Crippen molar-refractivity contribution >= 4 is 11.8 Å². The Morgan fingerprint density at radius 1 is 1.35 bits per heavy atom. The van der Waals surface area contributed by atoms with Crippen LogP contribution in [0.3, 0.4) is 0 Å². The zero-order chi connectivity index (χ0) is 17.0. The molecule has 126 valence electrons. The summed E-state index contributed by atoms with van der Waals surface area (Å²) in [6.07, 6.45) is -2.80. The van der Waals surface area contributed by atoms with Crippen LogP contribution in [0.15, 0.2) is 12.1 Å². The van der Waals surface area contributed by atoms with Gasteiger partial charge in [-0.1, -0.05) is 0 Å². The van der Waals surface area contributed by atoms with Gasteiger partial charge >= 0.3 is 6.18 Å². The number of halogens is 3. The maximum absolute atomic E-state index is 12.9. The molecular formula is C14H16F3N3O3. The van der Waals surface area contributed by atoms with Crippen LogP contribution in [0.25, 0.3) is 0 Å². The molecule has 0 spiro atoms. The molecule has 2 rings (SSSR count). The minimum absolute atomic E-state index is 0.138. The molecule has 0 aromatic carbocycles. The van der Waals surface area contributed by atoms with Gasteiger partial charge in [-0.3, -0.25) is 9.59 Å². The number of carbonyl (C=O) groups excluding carboxylic acids is 2. The van der Waals surface area contributed by atoms with Crippen LogP contribution in [0, 0.1) is 5.92 Å². The molecular weight excluding hydrogens is 315 g/mol. The number of nitrogens with zero attached hydrogens (tertiary/aromatic N) is 1. The fourth-order valence-electron chi connectivity index (χ4n) is 1.71. The van der Waals surface area contributed by atoms with Crippen LogP contribution in [0.5, 0.6) is 5.88 Å². The molecule has 1 fully saturated rings. The molecule has 0 radical (unpaired) electrons. The third-order valence-electron chi connectivity index (χ3n) is 3.24. The van der Waals surface area contributed by atoms with E-state index in [1.54, 1.807) is 0 Å². The minimum atomic E-state index is -4.62. The first-order chi connectivity index (χ1) is 10.8. The molecule has 1 aliphatic rings. The molecule has 6 nitrogen and oxygen atoms in total. The van der Waals surface area contributed by atoms with Gasteiger partial charge in [-0.2, -0.15) is 13.2 Å². The summed E-state index contributed by atoms with van der Waals surface area (Å²) in [4.78, 5) is 26.6. The quantitative estimate of drug-likeness (QED) is 0.825. The average Bonchev–Trinajstić information content (AvgIpc) is 3.33. The second kappa shape index (κ2) is 6.84. The Morgan fingerprint density at radius 2 is 2.04 bits per heavy atom. The van der Waals surface area contributed by atoms with Gasteiger partial charge in [0.15, 0.2) is 0 Å². The van der Waals surface area contributed by atoms with Crippen LogP contribution in [-0.2, 0) is 11.0 Å². The number of pyridine rings is 1. The number of hydrogen-bond donors (Lipinski definition) is 2. The summed E-state index contributed by atoms with van der Waals surface area (Å²) in [6.45, 7) is -0.157. The Bertz CT molecular complexity index is 601. The van der Waals surface area contributed by atoms with E-state index in [1.807, 2.05) is 0 Å². The molecule has 2 amide bonds. The number of amides is 2. The van der Waals surface area contributed by atoms with Crippen molar-refractivity contribution in [2.24, 2.45) is 5.92 Å². The molecule has 23 heavy (non-hydrogen) atoms. The second-order valence-electron chi connectivity index (χ2n) is 5.16. The number of aromatic nitrogens is 1. The highest BCUT2D eigenvalue weighted by atomic mass is 19.4. The lowest BCUT2D eigenvalue weighted by molar-refractivity contribution is -0.139. The van der Waals surface area contributed by atoms with E-state index in [2.05, 4.69) is 15.6 Å². The van der Waals surface area contributed by atoms with Gasteiger partial charge in [-0.15, -0.1) is 0 Å². The Kier molecular flexibility index (Phi) is 5.07. The summed E-state index contributed by atoms with van der Waals surface area (Å²) < 4.78 is 44.0. The van der Waals surface area contributed by atoms with Gasteiger partial charge in [0.25, 0.3) is 5.91 Å². The lowest BCUT2D eigenvalue weighted by atomic mass is 10.2. The van der Waals surface area contributed by atoms with Gasteiger partial charge in [0.05, 0.1) is 13.2 Å². The maximum Gasteiger partial charge on any atom is 0.421 e. The molecule has 1 heterocycles. The normalized spacial score (nSPS) is 14.3. The van der Waals surface area contributed by atoms with Crippen LogP contribution in [0.1, 0.15) is 28.9 Å². The molecule has 0 bridgehead atoms. The van der Waals surface area contributed by atoms with Crippen molar-refractivity contribution in [3.8, 4) is 5.88 Å². The fourth-order valence-corrected chi connectivity index (χ4v) is 1.71. The van der Waals surface area contributed by atoms with E-state index in [9.17, 15) is 22.8 Å². The van der Waals surface area contributed by atoms with E-state index in [1.165, 1.54) is 7.05 Å². The molecule has 1 aliphatic carbocycles. The summed E-state index contributed by atoms with van der Waals surface area (Å²) in [7, 11) is 1.40. The Labute approximate surface area is 130 Å². The topological polar surface area (TPSA) is 80.3 Å². The Balaban J connectivity index is 2.15. The lowest BCUT2D eigenvalue weighted by Gasteiger charge is -2.14. The number of nitrogens with one attached hydrogen (secondary N) is 2. The predicted octanol–water partition coefficient (Wildman–Crippen LogP) is 1.36. The number of carbonyl (C=O) groups is 2. The lowest BCUT2D eigenvalue weighted by Crippen LogP contribution is -2.35. The molecule has 0 atom stereocenters. The molecule has 9 heteroatoms. The highest BCUT2D eigenvalue weighted by molar-refractivity contribution is 5.95. The molecule has 0 aliphatic heterocycles. The highest BCUT2D eigenvalue weighted by Gasteiger charge is 2.36. The zero-order valence-electron chi connectivity index (χ0n) is 12.4. The fraction of sp³-hybridized carbons (Fsp3) is 0.500. The van der Waals surface area contributed by atoms with Crippen LogP contribution in [-0.4, -0.2) is 37.0 Å². The van der Waals surface area contributed by atoms with Crippen molar-refractivity contribution in [1.82, 2.24) is 15.6 Å². The number of likely N-dealkylation sites (N-methyl/N-ethyl adjacent to an activating group) is 1. The van der Waals surface area contributed by atoms with Crippen LogP contribution in [0.2, 0.25) is 0 Å². The van der Waals surface area contributed by atoms with Gasteiger partial charge in [0, 0.05) is 7.05 Å². The van der Waals surface area contributed by atoms with Gasteiger partial charge < -0.3 is 15.4 Å².